The van der Waals surface area contributed by atoms with Crippen molar-refractivity contribution in [1.82, 2.24) is 4.90 Å². The lowest BCUT2D eigenvalue weighted by molar-refractivity contribution is -0.136. The zero-order valence-electron chi connectivity index (χ0n) is 16.2. The highest BCUT2D eigenvalue weighted by Crippen LogP contribution is 2.25. The predicted molar refractivity (Wildman–Crippen MR) is 97.9 cm³/mol. The summed E-state index contributed by atoms with van der Waals surface area (Å²) in [5.74, 6) is -2.72. The summed E-state index contributed by atoms with van der Waals surface area (Å²) < 4.78 is 24.2. The van der Waals surface area contributed by atoms with E-state index in [0.29, 0.717) is 0 Å². The summed E-state index contributed by atoms with van der Waals surface area (Å²) in [6.07, 6.45) is 0. The normalized spacial score (nSPS) is 14.4. The van der Waals surface area contributed by atoms with Crippen LogP contribution in [0, 0.1) is 5.82 Å². The summed E-state index contributed by atoms with van der Waals surface area (Å²) >= 11 is 0. The zero-order valence-corrected chi connectivity index (χ0v) is 16.2. The van der Waals surface area contributed by atoms with Gasteiger partial charge in [-0.3, -0.25) is 4.79 Å². The average molecular weight is 394 g/mol. The Bertz CT molecular complexity index is 828. The van der Waals surface area contributed by atoms with E-state index < -0.39 is 29.3 Å². The van der Waals surface area contributed by atoms with Crippen LogP contribution in [0.1, 0.15) is 31.1 Å². The number of benzene rings is 1. The van der Waals surface area contributed by atoms with Crippen LogP contribution in [0.2, 0.25) is 0 Å². The Morgan fingerprint density at radius 3 is 2.54 bits per heavy atom. The number of hydrogen-bond acceptors (Lipinski definition) is 7. The standard InChI is InChI=1S/C19H23FN2O6/c1-19(2,3)28-17(25)11-5-6-13(20)14(9-11)21-15-12(18(26)27-4)10-22(7-8-23)16(15)24/h5-6,9,21,23H,7-8,10H2,1-4H3. The van der Waals surface area contributed by atoms with Crippen LogP contribution in [0.3, 0.4) is 0 Å². The highest BCUT2D eigenvalue weighted by Gasteiger charge is 2.35. The Hall–Kier alpha value is -2.94. The van der Waals surface area contributed by atoms with Crippen LogP contribution >= 0.6 is 0 Å². The molecule has 0 radical (unpaired) electrons. The third-order valence-corrected chi connectivity index (χ3v) is 3.81. The van der Waals surface area contributed by atoms with E-state index >= 15 is 0 Å². The van der Waals surface area contributed by atoms with E-state index in [0.717, 1.165) is 13.2 Å². The van der Waals surface area contributed by atoms with E-state index in [9.17, 15) is 18.8 Å². The van der Waals surface area contributed by atoms with Crippen LogP contribution in [-0.4, -0.2) is 60.3 Å². The number of β-amino-alcohol motifs (C(OH)–C–C–N with tert-alkyl or cyclic N) is 1. The molecule has 1 aliphatic heterocycles. The fourth-order valence-corrected chi connectivity index (χ4v) is 2.57. The molecule has 2 N–H and O–H groups in total. The van der Waals surface area contributed by atoms with Crippen molar-refractivity contribution < 1.29 is 33.4 Å². The van der Waals surface area contributed by atoms with E-state index in [4.69, 9.17) is 9.84 Å². The summed E-state index contributed by atoms with van der Waals surface area (Å²) in [4.78, 5) is 38.0. The van der Waals surface area contributed by atoms with Crippen molar-refractivity contribution in [2.75, 3.05) is 32.1 Å². The van der Waals surface area contributed by atoms with Crippen LogP contribution in [-0.2, 0) is 19.1 Å². The molecule has 0 spiro atoms. The molecule has 8 nitrogen and oxygen atoms in total. The quantitative estimate of drug-likeness (QED) is 0.704. The summed E-state index contributed by atoms with van der Waals surface area (Å²) in [7, 11) is 1.16. The molecule has 0 fully saturated rings. The molecule has 9 heteroatoms. The van der Waals surface area contributed by atoms with Gasteiger partial charge in [0.05, 0.1) is 37.1 Å². The third kappa shape index (κ3) is 4.86. The summed E-state index contributed by atoms with van der Waals surface area (Å²) in [5.41, 5.74) is -0.981. The Kier molecular flexibility index (Phi) is 6.40. The molecule has 0 saturated carbocycles. The first-order valence-electron chi connectivity index (χ1n) is 8.59. The predicted octanol–water partition coefficient (Wildman–Crippen LogP) is 1.45. The van der Waals surface area contributed by atoms with Gasteiger partial charge in [0.2, 0.25) is 0 Å². The second-order valence-electron chi connectivity index (χ2n) is 7.12. The first kappa shape index (κ1) is 21.4. The van der Waals surface area contributed by atoms with Crippen molar-refractivity contribution in [2.45, 2.75) is 26.4 Å². The lowest BCUT2D eigenvalue weighted by atomic mass is 10.1. The first-order valence-corrected chi connectivity index (χ1v) is 8.59. The topological polar surface area (TPSA) is 105 Å². The molecule has 1 amide bonds. The number of carbonyl (C=O) groups excluding carboxylic acids is 3. The molecule has 1 aromatic carbocycles. The molecule has 1 heterocycles. The first-order chi connectivity index (χ1) is 13.1. The Morgan fingerprint density at radius 1 is 1.29 bits per heavy atom. The van der Waals surface area contributed by atoms with Crippen LogP contribution in [0.15, 0.2) is 29.5 Å². The fraction of sp³-hybridized carbons (Fsp3) is 0.421. The maximum absolute atomic E-state index is 14.3. The second-order valence-corrected chi connectivity index (χ2v) is 7.12. The number of nitrogens with zero attached hydrogens (tertiary/aromatic N) is 1. The maximum Gasteiger partial charge on any atom is 0.338 e. The maximum atomic E-state index is 14.3. The minimum absolute atomic E-state index is 0.00280. The van der Waals surface area contributed by atoms with Gasteiger partial charge in [-0.2, -0.15) is 0 Å². The number of aliphatic hydroxyl groups excluding tert-OH is 1. The molecule has 0 bridgehead atoms. The number of rotatable bonds is 6. The number of carbonyl (C=O) groups is 3. The highest BCUT2D eigenvalue weighted by molar-refractivity contribution is 6.08. The van der Waals surface area contributed by atoms with Gasteiger partial charge < -0.3 is 24.8 Å². The average Bonchev–Trinajstić information content (AvgIpc) is 2.91. The number of ether oxygens (including phenoxy) is 2. The van der Waals surface area contributed by atoms with Crippen molar-refractivity contribution in [3.63, 3.8) is 0 Å². The molecule has 152 valence electrons. The minimum Gasteiger partial charge on any atom is -0.466 e. The number of hydrogen-bond donors (Lipinski definition) is 2. The number of aliphatic hydroxyl groups is 1. The number of methoxy groups -OCH3 is 1. The Balaban J connectivity index is 2.36. The minimum atomic E-state index is -0.750. The van der Waals surface area contributed by atoms with Crippen LogP contribution < -0.4 is 5.32 Å². The van der Waals surface area contributed by atoms with E-state index in [1.807, 2.05) is 0 Å². The van der Waals surface area contributed by atoms with Gasteiger partial charge in [-0.25, -0.2) is 14.0 Å². The van der Waals surface area contributed by atoms with Crippen molar-refractivity contribution in [1.29, 1.82) is 0 Å². The van der Waals surface area contributed by atoms with Crippen LogP contribution in [0.25, 0.3) is 0 Å². The van der Waals surface area contributed by atoms with Gasteiger partial charge in [0.25, 0.3) is 5.91 Å². The van der Waals surface area contributed by atoms with Crippen molar-refractivity contribution >= 4 is 23.5 Å². The Labute approximate surface area is 161 Å². The van der Waals surface area contributed by atoms with Gasteiger partial charge in [0, 0.05) is 6.54 Å². The van der Waals surface area contributed by atoms with Gasteiger partial charge in [-0.1, -0.05) is 0 Å². The van der Waals surface area contributed by atoms with E-state index in [1.165, 1.54) is 17.0 Å². The molecular formula is C19H23FN2O6. The molecule has 0 saturated heterocycles. The smallest absolute Gasteiger partial charge is 0.338 e. The monoisotopic (exact) mass is 394 g/mol. The SMILES string of the molecule is COC(=O)C1=C(Nc2cc(C(=O)OC(C)(C)C)ccc2F)C(=O)N(CCO)C1. The molecule has 0 aliphatic carbocycles. The van der Waals surface area contributed by atoms with Gasteiger partial charge >= 0.3 is 11.9 Å². The number of anilines is 1. The molecule has 28 heavy (non-hydrogen) atoms. The zero-order chi connectivity index (χ0) is 21.1. The van der Waals surface area contributed by atoms with Crippen LogP contribution in [0.5, 0.6) is 0 Å². The molecule has 1 aromatic rings. The van der Waals surface area contributed by atoms with E-state index in [2.05, 4.69) is 10.1 Å². The van der Waals surface area contributed by atoms with Gasteiger partial charge in [0.1, 0.15) is 17.1 Å². The van der Waals surface area contributed by atoms with Crippen LogP contribution in [0.4, 0.5) is 10.1 Å². The molecule has 0 unspecified atom stereocenters. The summed E-state index contributed by atoms with van der Waals surface area (Å²) in [6, 6.07) is 3.52. The highest BCUT2D eigenvalue weighted by atomic mass is 19.1. The number of amides is 1. The van der Waals surface area contributed by atoms with E-state index in [1.54, 1.807) is 20.8 Å². The number of esters is 2. The summed E-state index contributed by atoms with van der Waals surface area (Å²) in [6.45, 7) is 4.73. The second kappa shape index (κ2) is 8.39. The van der Waals surface area contributed by atoms with Gasteiger partial charge in [-0.15, -0.1) is 0 Å². The van der Waals surface area contributed by atoms with Crippen molar-refractivity contribution in [3.8, 4) is 0 Å². The largest absolute Gasteiger partial charge is 0.466 e. The molecule has 0 atom stereocenters. The molecule has 1 aliphatic rings. The molecule has 2 rings (SSSR count). The van der Waals surface area contributed by atoms with Gasteiger partial charge in [-0.05, 0) is 39.0 Å². The lowest BCUT2D eigenvalue weighted by Crippen LogP contribution is -2.31. The Morgan fingerprint density at radius 2 is 1.96 bits per heavy atom. The molecule has 0 aromatic heterocycles. The molecular weight excluding hydrogens is 371 g/mol. The third-order valence-electron chi connectivity index (χ3n) is 3.81. The lowest BCUT2D eigenvalue weighted by Gasteiger charge is -2.20. The fourth-order valence-electron chi connectivity index (χ4n) is 2.57. The van der Waals surface area contributed by atoms with Crippen molar-refractivity contribution in [3.05, 3.63) is 40.8 Å². The van der Waals surface area contributed by atoms with Gasteiger partial charge in [0.15, 0.2) is 0 Å². The number of halogens is 1. The summed E-state index contributed by atoms with van der Waals surface area (Å²) in [5, 5.41) is 11.7. The number of nitrogens with one attached hydrogen (secondary N) is 1. The van der Waals surface area contributed by atoms with Crippen molar-refractivity contribution in [2.24, 2.45) is 0 Å². The van der Waals surface area contributed by atoms with E-state index in [-0.39, 0.29) is 42.2 Å².